The molecule has 0 bridgehead atoms. The molecule has 3 nitrogen and oxygen atoms in total. The van der Waals surface area contributed by atoms with Gasteiger partial charge in [-0.25, -0.2) is 0 Å². The van der Waals surface area contributed by atoms with E-state index < -0.39 is 5.54 Å². The average Bonchev–Trinajstić information content (AvgIpc) is 2.22. The maximum atomic E-state index is 11.6. The van der Waals surface area contributed by atoms with Crippen molar-refractivity contribution in [3.63, 3.8) is 0 Å². The molecule has 0 radical (unpaired) electrons. The molecule has 92 valence electrons. The lowest BCUT2D eigenvalue weighted by molar-refractivity contribution is -0.159. The summed E-state index contributed by atoms with van der Waals surface area (Å²) in [5.74, 6) is 0.212. The first-order valence-corrected chi connectivity index (χ1v) is 6.01. The topological polar surface area (TPSA) is 52.3 Å². The Balaban J connectivity index is 1.82. The SMILES string of the molecule is CC(C)(N)C(=O)O[C@H]1C[C@@H](c2ccccc2)C1. The fraction of sp³-hybridized carbons (Fsp3) is 0.500. The fourth-order valence-electron chi connectivity index (χ4n) is 1.96. The van der Waals surface area contributed by atoms with Crippen LogP contribution >= 0.6 is 0 Å². The van der Waals surface area contributed by atoms with Crippen LogP contribution in [0.25, 0.3) is 0 Å². The van der Waals surface area contributed by atoms with E-state index in [9.17, 15) is 4.79 Å². The molecule has 0 saturated heterocycles. The maximum Gasteiger partial charge on any atom is 0.325 e. The number of hydrogen-bond donors (Lipinski definition) is 1. The van der Waals surface area contributed by atoms with Crippen molar-refractivity contribution in [2.24, 2.45) is 5.73 Å². The van der Waals surface area contributed by atoms with Crippen LogP contribution in [-0.2, 0) is 9.53 Å². The van der Waals surface area contributed by atoms with Gasteiger partial charge in [-0.15, -0.1) is 0 Å². The van der Waals surface area contributed by atoms with E-state index in [1.165, 1.54) is 5.56 Å². The van der Waals surface area contributed by atoms with Crippen molar-refractivity contribution >= 4 is 5.97 Å². The molecular weight excluding hydrogens is 214 g/mol. The maximum absolute atomic E-state index is 11.6. The molecule has 0 aliphatic heterocycles. The predicted molar refractivity (Wildman–Crippen MR) is 66.6 cm³/mol. The minimum atomic E-state index is -0.891. The number of hydrogen-bond acceptors (Lipinski definition) is 3. The van der Waals surface area contributed by atoms with Crippen molar-refractivity contribution in [3.05, 3.63) is 35.9 Å². The molecule has 0 heterocycles. The minimum absolute atomic E-state index is 0.0375. The van der Waals surface area contributed by atoms with Crippen LogP contribution in [-0.4, -0.2) is 17.6 Å². The Bertz CT molecular complexity index is 388. The van der Waals surface area contributed by atoms with Gasteiger partial charge in [-0.3, -0.25) is 4.79 Å². The molecule has 2 rings (SSSR count). The Labute approximate surface area is 102 Å². The van der Waals surface area contributed by atoms with E-state index in [0.29, 0.717) is 5.92 Å². The Kier molecular flexibility index (Phi) is 3.20. The molecule has 1 aliphatic rings. The summed E-state index contributed by atoms with van der Waals surface area (Å²) >= 11 is 0. The number of nitrogens with two attached hydrogens (primary N) is 1. The Hall–Kier alpha value is -1.35. The van der Waals surface area contributed by atoms with Gasteiger partial charge in [0.05, 0.1) is 0 Å². The van der Waals surface area contributed by atoms with Crippen molar-refractivity contribution < 1.29 is 9.53 Å². The third kappa shape index (κ3) is 2.86. The number of carbonyl (C=O) groups excluding carboxylic acids is 1. The summed E-state index contributed by atoms with van der Waals surface area (Å²) in [6, 6.07) is 10.3. The highest BCUT2D eigenvalue weighted by atomic mass is 16.5. The van der Waals surface area contributed by atoms with Crippen LogP contribution in [0, 0.1) is 0 Å². The summed E-state index contributed by atoms with van der Waals surface area (Å²) in [5, 5.41) is 0. The molecule has 1 fully saturated rings. The highest BCUT2D eigenvalue weighted by Crippen LogP contribution is 2.38. The second-order valence-electron chi connectivity index (χ2n) is 5.33. The van der Waals surface area contributed by atoms with Gasteiger partial charge in [0, 0.05) is 0 Å². The quantitative estimate of drug-likeness (QED) is 0.814. The summed E-state index contributed by atoms with van der Waals surface area (Å²) in [4.78, 5) is 11.6. The molecule has 1 aromatic carbocycles. The molecule has 17 heavy (non-hydrogen) atoms. The number of carbonyl (C=O) groups is 1. The summed E-state index contributed by atoms with van der Waals surface area (Å²) in [7, 11) is 0. The van der Waals surface area contributed by atoms with Crippen LogP contribution < -0.4 is 5.73 Å². The zero-order valence-electron chi connectivity index (χ0n) is 10.3. The fourth-order valence-corrected chi connectivity index (χ4v) is 1.96. The molecule has 1 aromatic rings. The molecule has 0 spiro atoms. The first-order valence-electron chi connectivity index (χ1n) is 6.01. The highest BCUT2D eigenvalue weighted by molar-refractivity contribution is 5.79. The molecule has 0 amide bonds. The zero-order chi connectivity index (χ0) is 12.5. The largest absolute Gasteiger partial charge is 0.461 e. The lowest BCUT2D eigenvalue weighted by atomic mass is 9.77. The summed E-state index contributed by atoms with van der Waals surface area (Å²) in [6.45, 7) is 3.34. The minimum Gasteiger partial charge on any atom is -0.461 e. The molecule has 1 aliphatic carbocycles. The average molecular weight is 233 g/mol. The van der Waals surface area contributed by atoms with Crippen LogP contribution in [0.5, 0.6) is 0 Å². The number of benzene rings is 1. The van der Waals surface area contributed by atoms with Crippen molar-refractivity contribution in [2.75, 3.05) is 0 Å². The van der Waals surface area contributed by atoms with Gasteiger partial charge in [0.1, 0.15) is 11.6 Å². The van der Waals surface area contributed by atoms with Gasteiger partial charge in [0.25, 0.3) is 0 Å². The van der Waals surface area contributed by atoms with E-state index >= 15 is 0 Å². The van der Waals surface area contributed by atoms with Crippen LogP contribution in [0.3, 0.4) is 0 Å². The van der Waals surface area contributed by atoms with Crippen LogP contribution in [0.1, 0.15) is 38.2 Å². The van der Waals surface area contributed by atoms with Gasteiger partial charge in [0.15, 0.2) is 0 Å². The third-order valence-corrected chi connectivity index (χ3v) is 3.17. The van der Waals surface area contributed by atoms with Gasteiger partial charge in [-0.05, 0) is 38.2 Å². The smallest absolute Gasteiger partial charge is 0.325 e. The lowest BCUT2D eigenvalue weighted by Crippen LogP contribution is -2.46. The van der Waals surface area contributed by atoms with E-state index in [4.69, 9.17) is 10.5 Å². The monoisotopic (exact) mass is 233 g/mol. The van der Waals surface area contributed by atoms with E-state index in [1.54, 1.807) is 13.8 Å². The normalized spacial score (nSPS) is 23.9. The van der Waals surface area contributed by atoms with Crippen LogP contribution in [0.15, 0.2) is 30.3 Å². The van der Waals surface area contributed by atoms with Crippen molar-refractivity contribution in [2.45, 2.75) is 44.2 Å². The van der Waals surface area contributed by atoms with E-state index in [0.717, 1.165) is 12.8 Å². The molecule has 0 atom stereocenters. The van der Waals surface area contributed by atoms with Gasteiger partial charge in [-0.2, -0.15) is 0 Å². The summed E-state index contributed by atoms with van der Waals surface area (Å²) in [6.07, 6.45) is 1.85. The molecule has 3 heteroatoms. The number of ether oxygens (including phenoxy) is 1. The van der Waals surface area contributed by atoms with Gasteiger partial charge < -0.3 is 10.5 Å². The number of esters is 1. The Morgan fingerprint density at radius 2 is 1.88 bits per heavy atom. The van der Waals surface area contributed by atoms with E-state index in [-0.39, 0.29) is 12.1 Å². The first-order chi connectivity index (χ1) is 7.97. The van der Waals surface area contributed by atoms with Crippen molar-refractivity contribution in [3.8, 4) is 0 Å². The molecular formula is C14H19NO2. The molecule has 0 unspecified atom stereocenters. The van der Waals surface area contributed by atoms with E-state index in [1.807, 2.05) is 18.2 Å². The summed E-state index contributed by atoms with van der Waals surface area (Å²) in [5.41, 5.74) is 6.11. The first kappa shape index (κ1) is 12.1. The second-order valence-corrected chi connectivity index (χ2v) is 5.33. The Morgan fingerprint density at radius 1 is 1.29 bits per heavy atom. The Morgan fingerprint density at radius 3 is 2.41 bits per heavy atom. The third-order valence-electron chi connectivity index (χ3n) is 3.17. The van der Waals surface area contributed by atoms with Gasteiger partial charge in [-0.1, -0.05) is 30.3 Å². The van der Waals surface area contributed by atoms with Gasteiger partial charge >= 0.3 is 5.97 Å². The number of rotatable bonds is 3. The summed E-state index contributed by atoms with van der Waals surface area (Å²) < 4.78 is 5.34. The van der Waals surface area contributed by atoms with Crippen LogP contribution in [0.2, 0.25) is 0 Å². The predicted octanol–water partition coefficient (Wildman–Crippen LogP) is 2.21. The van der Waals surface area contributed by atoms with Crippen molar-refractivity contribution in [1.82, 2.24) is 0 Å². The second kappa shape index (κ2) is 4.49. The lowest BCUT2D eigenvalue weighted by Gasteiger charge is -2.36. The molecule has 1 saturated carbocycles. The molecule has 0 aromatic heterocycles. The van der Waals surface area contributed by atoms with Crippen LogP contribution in [0.4, 0.5) is 0 Å². The zero-order valence-corrected chi connectivity index (χ0v) is 10.3. The van der Waals surface area contributed by atoms with Crippen molar-refractivity contribution in [1.29, 1.82) is 0 Å². The highest BCUT2D eigenvalue weighted by Gasteiger charge is 2.35. The standard InChI is InChI=1S/C14H19NO2/c1-14(2,15)13(16)17-12-8-11(9-12)10-6-4-3-5-7-10/h3-7,11-12H,8-9,15H2,1-2H3/t11-,12+. The van der Waals surface area contributed by atoms with Gasteiger partial charge in [0.2, 0.25) is 0 Å². The molecule has 2 N–H and O–H groups in total. The van der Waals surface area contributed by atoms with E-state index in [2.05, 4.69) is 12.1 Å².